The summed E-state index contributed by atoms with van der Waals surface area (Å²) in [7, 11) is 0. The van der Waals surface area contributed by atoms with E-state index in [1.54, 1.807) is 12.4 Å². The minimum Gasteiger partial charge on any atom is -0.363 e. The molecule has 5 nitrogen and oxygen atoms in total. The SMILES string of the molecule is Cc1ccc(CN2CCC3(CC2)CN(c2cccnc2)C(=O)CO3)s1. The van der Waals surface area contributed by atoms with Crippen LogP contribution in [0.1, 0.15) is 22.6 Å². The maximum Gasteiger partial charge on any atom is 0.253 e. The molecular formula is C19H23N3O2S. The van der Waals surface area contributed by atoms with E-state index in [0.29, 0.717) is 6.54 Å². The van der Waals surface area contributed by atoms with E-state index < -0.39 is 0 Å². The summed E-state index contributed by atoms with van der Waals surface area (Å²) in [4.78, 5) is 23.6. The van der Waals surface area contributed by atoms with Crippen molar-refractivity contribution in [3.05, 3.63) is 46.4 Å². The highest BCUT2D eigenvalue weighted by Crippen LogP contribution is 2.33. The number of aromatic nitrogens is 1. The Balaban J connectivity index is 1.41. The number of carbonyl (C=O) groups is 1. The van der Waals surface area contributed by atoms with Gasteiger partial charge in [0, 0.05) is 35.6 Å². The second kappa shape index (κ2) is 6.86. The van der Waals surface area contributed by atoms with Gasteiger partial charge < -0.3 is 9.64 Å². The maximum atomic E-state index is 12.3. The quantitative estimate of drug-likeness (QED) is 0.847. The Kier molecular flexibility index (Phi) is 4.58. The molecule has 4 rings (SSSR count). The van der Waals surface area contributed by atoms with Crippen molar-refractivity contribution < 1.29 is 9.53 Å². The first-order valence-corrected chi connectivity index (χ1v) is 9.57. The van der Waals surface area contributed by atoms with Gasteiger partial charge in [0.1, 0.15) is 6.61 Å². The number of likely N-dealkylation sites (tertiary alicyclic amines) is 1. The fourth-order valence-electron chi connectivity index (χ4n) is 3.68. The number of piperidine rings is 1. The van der Waals surface area contributed by atoms with Crippen molar-refractivity contribution in [1.82, 2.24) is 9.88 Å². The number of hydrogen-bond acceptors (Lipinski definition) is 5. The zero-order chi connectivity index (χ0) is 17.3. The van der Waals surface area contributed by atoms with E-state index in [1.807, 2.05) is 28.4 Å². The van der Waals surface area contributed by atoms with Gasteiger partial charge in [0.2, 0.25) is 0 Å². The molecule has 1 spiro atoms. The average molecular weight is 357 g/mol. The normalized spacial score (nSPS) is 21.0. The monoisotopic (exact) mass is 357 g/mol. The molecule has 0 aliphatic carbocycles. The van der Waals surface area contributed by atoms with Crippen LogP contribution >= 0.6 is 11.3 Å². The van der Waals surface area contributed by atoms with Gasteiger partial charge in [-0.05, 0) is 44.0 Å². The van der Waals surface area contributed by atoms with Crippen molar-refractivity contribution >= 4 is 22.9 Å². The number of carbonyl (C=O) groups excluding carboxylic acids is 1. The van der Waals surface area contributed by atoms with Gasteiger partial charge in [0.15, 0.2) is 0 Å². The summed E-state index contributed by atoms with van der Waals surface area (Å²) in [6.45, 7) is 5.97. The zero-order valence-corrected chi connectivity index (χ0v) is 15.3. The number of thiophene rings is 1. The lowest BCUT2D eigenvalue weighted by Gasteiger charge is -2.46. The molecule has 2 aromatic rings. The molecule has 2 aromatic heterocycles. The molecule has 4 heterocycles. The summed E-state index contributed by atoms with van der Waals surface area (Å²) in [5.74, 6) is 0.0233. The topological polar surface area (TPSA) is 45.7 Å². The molecule has 0 unspecified atom stereocenters. The van der Waals surface area contributed by atoms with Crippen molar-refractivity contribution in [2.45, 2.75) is 31.9 Å². The fourth-order valence-corrected chi connectivity index (χ4v) is 4.61. The first-order valence-electron chi connectivity index (χ1n) is 8.76. The lowest BCUT2D eigenvalue weighted by atomic mass is 9.89. The van der Waals surface area contributed by atoms with Crippen molar-refractivity contribution in [1.29, 1.82) is 0 Å². The number of morpholine rings is 1. The van der Waals surface area contributed by atoms with E-state index in [1.165, 1.54) is 9.75 Å². The van der Waals surface area contributed by atoms with Crippen LogP contribution in [0.4, 0.5) is 5.69 Å². The number of nitrogens with zero attached hydrogens (tertiary/aromatic N) is 3. The second-order valence-electron chi connectivity index (χ2n) is 6.95. The third kappa shape index (κ3) is 3.61. The van der Waals surface area contributed by atoms with E-state index in [2.05, 4.69) is 28.9 Å². The van der Waals surface area contributed by atoms with Gasteiger partial charge in [-0.15, -0.1) is 11.3 Å². The van der Waals surface area contributed by atoms with Gasteiger partial charge in [0.25, 0.3) is 5.91 Å². The van der Waals surface area contributed by atoms with Crippen LogP contribution in [-0.4, -0.2) is 47.6 Å². The van der Waals surface area contributed by atoms with Gasteiger partial charge in [-0.2, -0.15) is 0 Å². The number of ether oxygens (including phenoxy) is 1. The largest absolute Gasteiger partial charge is 0.363 e. The summed E-state index contributed by atoms with van der Waals surface area (Å²) in [6.07, 6.45) is 5.41. The Labute approximate surface area is 152 Å². The second-order valence-corrected chi connectivity index (χ2v) is 8.32. The van der Waals surface area contributed by atoms with Crippen molar-refractivity contribution in [3.63, 3.8) is 0 Å². The van der Waals surface area contributed by atoms with Crippen LogP contribution in [0.15, 0.2) is 36.7 Å². The summed E-state index contributed by atoms with van der Waals surface area (Å²) in [5.41, 5.74) is 0.651. The van der Waals surface area contributed by atoms with Crippen LogP contribution < -0.4 is 4.90 Å². The fraction of sp³-hybridized carbons (Fsp3) is 0.474. The van der Waals surface area contributed by atoms with E-state index >= 15 is 0 Å². The first kappa shape index (κ1) is 16.7. The molecule has 2 aliphatic rings. The Hall–Kier alpha value is -1.76. The Morgan fingerprint density at radius 3 is 2.80 bits per heavy atom. The number of anilines is 1. The maximum absolute atomic E-state index is 12.3. The number of aryl methyl sites for hydroxylation is 1. The van der Waals surface area contributed by atoms with Crippen LogP contribution in [-0.2, 0) is 16.1 Å². The molecule has 0 N–H and O–H groups in total. The Morgan fingerprint density at radius 2 is 2.12 bits per heavy atom. The smallest absolute Gasteiger partial charge is 0.253 e. The van der Waals surface area contributed by atoms with E-state index in [0.717, 1.165) is 38.2 Å². The predicted molar refractivity (Wildman–Crippen MR) is 98.8 cm³/mol. The number of pyridine rings is 1. The van der Waals surface area contributed by atoms with Gasteiger partial charge >= 0.3 is 0 Å². The van der Waals surface area contributed by atoms with Crippen LogP contribution in [0.3, 0.4) is 0 Å². The summed E-state index contributed by atoms with van der Waals surface area (Å²) in [5, 5.41) is 0. The molecule has 0 aromatic carbocycles. The molecule has 132 valence electrons. The minimum atomic E-state index is -0.217. The summed E-state index contributed by atoms with van der Waals surface area (Å²) >= 11 is 1.87. The highest BCUT2D eigenvalue weighted by molar-refractivity contribution is 7.11. The highest BCUT2D eigenvalue weighted by Gasteiger charge is 2.42. The lowest BCUT2D eigenvalue weighted by Crippen LogP contribution is -2.58. The van der Waals surface area contributed by atoms with Crippen LogP contribution in [0.2, 0.25) is 0 Å². The number of rotatable bonds is 3. The van der Waals surface area contributed by atoms with Crippen molar-refractivity contribution in [2.24, 2.45) is 0 Å². The van der Waals surface area contributed by atoms with E-state index in [9.17, 15) is 4.79 Å². The molecule has 25 heavy (non-hydrogen) atoms. The zero-order valence-electron chi connectivity index (χ0n) is 14.5. The molecule has 0 bridgehead atoms. The molecule has 1 amide bonds. The number of hydrogen-bond donors (Lipinski definition) is 0. The van der Waals surface area contributed by atoms with E-state index in [4.69, 9.17) is 4.74 Å². The van der Waals surface area contributed by atoms with Gasteiger partial charge in [-0.3, -0.25) is 14.7 Å². The Morgan fingerprint density at radius 1 is 1.28 bits per heavy atom. The molecule has 2 saturated heterocycles. The van der Waals surface area contributed by atoms with Crippen LogP contribution in [0, 0.1) is 6.92 Å². The first-order chi connectivity index (χ1) is 12.1. The van der Waals surface area contributed by atoms with Gasteiger partial charge in [0.05, 0.1) is 24.0 Å². The molecule has 6 heteroatoms. The Bertz CT molecular complexity index is 738. The van der Waals surface area contributed by atoms with Crippen molar-refractivity contribution in [2.75, 3.05) is 31.1 Å². The van der Waals surface area contributed by atoms with Gasteiger partial charge in [-0.1, -0.05) is 0 Å². The molecule has 0 radical (unpaired) electrons. The summed E-state index contributed by atoms with van der Waals surface area (Å²) in [6, 6.07) is 8.23. The average Bonchev–Trinajstić information content (AvgIpc) is 3.05. The van der Waals surface area contributed by atoms with Crippen LogP contribution in [0.25, 0.3) is 0 Å². The molecule has 0 atom stereocenters. The minimum absolute atomic E-state index is 0.0233. The van der Waals surface area contributed by atoms with Gasteiger partial charge in [-0.25, -0.2) is 0 Å². The highest BCUT2D eigenvalue weighted by atomic mass is 32.1. The molecule has 2 aliphatic heterocycles. The van der Waals surface area contributed by atoms with Crippen LogP contribution in [0.5, 0.6) is 0 Å². The standard InChI is InChI=1S/C19H23N3O2S/c1-15-4-5-17(25-15)12-21-9-6-19(7-10-21)14-22(18(23)13-24-19)16-3-2-8-20-11-16/h2-5,8,11H,6-7,9-10,12-14H2,1H3. The molecule has 0 saturated carbocycles. The summed E-state index contributed by atoms with van der Waals surface area (Å²) < 4.78 is 6.04. The lowest BCUT2D eigenvalue weighted by molar-refractivity contribution is -0.144. The van der Waals surface area contributed by atoms with Crippen molar-refractivity contribution in [3.8, 4) is 0 Å². The number of amides is 1. The molecule has 2 fully saturated rings. The predicted octanol–water partition coefficient (Wildman–Crippen LogP) is 2.85. The third-order valence-corrected chi connectivity index (χ3v) is 6.13. The van der Waals surface area contributed by atoms with E-state index in [-0.39, 0.29) is 18.1 Å². The third-order valence-electron chi connectivity index (χ3n) is 5.15. The molecular weight excluding hydrogens is 334 g/mol.